The van der Waals surface area contributed by atoms with Crippen molar-refractivity contribution in [3.05, 3.63) is 64.5 Å². The van der Waals surface area contributed by atoms with Crippen molar-refractivity contribution in [2.75, 3.05) is 20.0 Å². The van der Waals surface area contributed by atoms with Crippen molar-refractivity contribution in [3.63, 3.8) is 0 Å². The SMILES string of the molecule is COCCc1ccc(-c2ccc3c(=O)n(CCC(C)(C(=O)NO)S(C)(=O)=O)cnc3c2)c(F)c1. The van der Waals surface area contributed by atoms with Gasteiger partial charge >= 0.3 is 0 Å². The average Bonchev–Trinajstić information content (AvgIpc) is 2.80. The van der Waals surface area contributed by atoms with E-state index in [-0.39, 0.29) is 18.4 Å². The van der Waals surface area contributed by atoms with Crippen LogP contribution in [0.15, 0.2) is 47.5 Å². The van der Waals surface area contributed by atoms with E-state index in [2.05, 4.69) is 4.98 Å². The van der Waals surface area contributed by atoms with Crippen molar-refractivity contribution < 1.29 is 27.5 Å². The van der Waals surface area contributed by atoms with Crippen molar-refractivity contribution >= 4 is 26.6 Å². The van der Waals surface area contributed by atoms with Gasteiger partial charge in [0.2, 0.25) is 0 Å². The van der Waals surface area contributed by atoms with Gasteiger partial charge < -0.3 is 4.74 Å². The average molecular weight is 492 g/mol. The number of nitrogens with zero attached hydrogens (tertiary/aromatic N) is 2. The molecule has 0 aliphatic rings. The van der Waals surface area contributed by atoms with Crippen LogP contribution in [0.5, 0.6) is 0 Å². The molecule has 0 bridgehead atoms. The molecule has 3 rings (SSSR count). The second-order valence-electron chi connectivity index (χ2n) is 8.23. The molecule has 11 heteroatoms. The van der Waals surface area contributed by atoms with E-state index in [0.717, 1.165) is 11.8 Å². The number of sulfone groups is 1. The quantitative estimate of drug-likeness (QED) is 0.347. The number of carbonyl (C=O) groups excluding carboxylic acids is 1. The number of benzene rings is 2. The van der Waals surface area contributed by atoms with Crippen LogP contribution < -0.4 is 11.0 Å². The predicted molar refractivity (Wildman–Crippen MR) is 125 cm³/mol. The molecule has 0 saturated heterocycles. The summed E-state index contributed by atoms with van der Waals surface area (Å²) in [5, 5.41) is 9.20. The molecular weight excluding hydrogens is 465 g/mol. The van der Waals surface area contributed by atoms with Gasteiger partial charge in [0.1, 0.15) is 5.82 Å². The van der Waals surface area contributed by atoms with E-state index in [1.54, 1.807) is 25.3 Å². The molecule has 0 fully saturated rings. The predicted octanol–water partition coefficient (Wildman–Crippen LogP) is 2.09. The molecule has 3 aromatic rings. The van der Waals surface area contributed by atoms with E-state index < -0.39 is 31.9 Å². The molecule has 0 spiro atoms. The number of halogens is 1. The van der Waals surface area contributed by atoms with Crippen LogP contribution in [0.1, 0.15) is 18.9 Å². The highest BCUT2D eigenvalue weighted by molar-refractivity contribution is 7.92. The maximum atomic E-state index is 14.7. The maximum Gasteiger partial charge on any atom is 0.264 e. The molecule has 182 valence electrons. The Labute approximate surface area is 196 Å². The molecule has 9 nitrogen and oxygen atoms in total. The minimum Gasteiger partial charge on any atom is -0.384 e. The molecule has 1 unspecified atom stereocenters. The molecule has 0 aliphatic heterocycles. The van der Waals surface area contributed by atoms with E-state index >= 15 is 0 Å². The Hall–Kier alpha value is -3.15. The summed E-state index contributed by atoms with van der Waals surface area (Å²) in [6.07, 6.45) is 2.46. The molecule has 34 heavy (non-hydrogen) atoms. The lowest BCUT2D eigenvalue weighted by Crippen LogP contribution is -2.50. The fourth-order valence-corrected chi connectivity index (χ4v) is 4.42. The molecule has 1 aromatic heterocycles. The third-order valence-electron chi connectivity index (χ3n) is 5.99. The fraction of sp³-hybridized carbons (Fsp3) is 0.348. The first-order valence-electron chi connectivity index (χ1n) is 10.4. The van der Waals surface area contributed by atoms with Crippen LogP contribution in [-0.2, 0) is 32.3 Å². The van der Waals surface area contributed by atoms with Gasteiger partial charge in [0, 0.05) is 25.5 Å². The zero-order valence-corrected chi connectivity index (χ0v) is 19.9. The lowest BCUT2D eigenvalue weighted by Gasteiger charge is -2.25. The van der Waals surface area contributed by atoms with Crippen molar-refractivity contribution in [2.45, 2.75) is 31.1 Å². The van der Waals surface area contributed by atoms with Crippen LogP contribution in [0.4, 0.5) is 4.39 Å². The smallest absolute Gasteiger partial charge is 0.264 e. The van der Waals surface area contributed by atoms with Gasteiger partial charge in [-0.1, -0.05) is 18.2 Å². The number of nitrogens with one attached hydrogen (secondary N) is 1. The lowest BCUT2D eigenvalue weighted by molar-refractivity contribution is -0.131. The number of ether oxygens (including phenoxy) is 1. The number of aryl methyl sites for hydroxylation is 1. The first kappa shape index (κ1) is 25.5. The Kier molecular flexibility index (Phi) is 7.49. The molecule has 1 heterocycles. The van der Waals surface area contributed by atoms with Crippen molar-refractivity contribution in [3.8, 4) is 11.1 Å². The van der Waals surface area contributed by atoms with E-state index in [1.807, 2.05) is 6.07 Å². The highest BCUT2D eigenvalue weighted by Gasteiger charge is 2.43. The first-order chi connectivity index (χ1) is 16.0. The Balaban J connectivity index is 1.91. The number of rotatable bonds is 9. The Morgan fingerprint density at radius 1 is 1.26 bits per heavy atom. The van der Waals surface area contributed by atoms with Gasteiger partial charge in [-0.3, -0.25) is 19.4 Å². The Morgan fingerprint density at radius 3 is 2.62 bits per heavy atom. The summed E-state index contributed by atoms with van der Waals surface area (Å²) in [5.74, 6) is -1.49. The molecular formula is C23H26FN3O6S. The Morgan fingerprint density at radius 2 is 2.00 bits per heavy atom. The number of amides is 1. The van der Waals surface area contributed by atoms with Gasteiger partial charge in [0.15, 0.2) is 14.6 Å². The number of methoxy groups -OCH3 is 1. The molecule has 0 radical (unpaired) electrons. The highest BCUT2D eigenvalue weighted by atomic mass is 32.2. The largest absolute Gasteiger partial charge is 0.384 e. The lowest BCUT2D eigenvalue weighted by atomic mass is 10.0. The van der Waals surface area contributed by atoms with E-state index in [9.17, 15) is 22.4 Å². The molecule has 1 atom stereocenters. The van der Waals surface area contributed by atoms with Gasteiger partial charge in [-0.2, -0.15) is 0 Å². The van der Waals surface area contributed by atoms with Crippen LogP contribution in [-0.4, -0.2) is 53.8 Å². The standard InChI is InChI=1S/C23H26FN3O6S/c1-23(22(29)26-30,34(3,31)32)9-10-27-14-25-20-13-16(5-7-18(20)21(27)28)17-6-4-15(8-11-33-2)12-19(17)24/h4-7,12-14,30H,8-11H2,1-3H3,(H,26,29). The normalized spacial score (nSPS) is 13.6. The van der Waals surface area contributed by atoms with Gasteiger partial charge in [0.25, 0.3) is 11.5 Å². The third-order valence-corrected chi connectivity index (χ3v) is 8.02. The van der Waals surface area contributed by atoms with Crippen LogP contribution in [0.2, 0.25) is 0 Å². The van der Waals surface area contributed by atoms with Crippen molar-refractivity contribution in [1.82, 2.24) is 15.0 Å². The molecule has 2 N–H and O–H groups in total. The van der Waals surface area contributed by atoms with E-state index in [0.29, 0.717) is 29.7 Å². The van der Waals surface area contributed by atoms with E-state index in [4.69, 9.17) is 9.94 Å². The third kappa shape index (κ3) is 5.01. The van der Waals surface area contributed by atoms with Crippen LogP contribution >= 0.6 is 0 Å². The number of carbonyl (C=O) groups is 1. The zero-order chi connectivity index (χ0) is 25.1. The Bertz CT molecular complexity index is 1390. The summed E-state index contributed by atoms with van der Waals surface area (Å²) in [5.41, 5.74) is 3.01. The topological polar surface area (TPSA) is 128 Å². The van der Waals surface area contributed by atoms with Crippen LogP contribution in [0, 0.1) is 5.82 Å². The van der Waals surface area contributed by atoms with Gasteiger partial charge in [-0.05, 0) is 49.1 Å². The second-order valence-corrected chi connectivity index (χ2v) is 10.7. The molecule has 0 saturated carbocycles. The molecule has 2 aromatic carbocycles. The molecule has 0 aliphatic carbocycles. The molecule has 1 amide bonds. The van der Waals surface area contributed by atoms with Gasteiger partial charge in [-0.15, -0.1) is 0 Å². The number of hydrogen-bond donors (Lipinski definition) is 2. The monoisotopic (exact) mass is 491 g/mol. The minimum absolute atomic E-state index is 0.127. The number of hydrogen-bond acceptors (Lipinski definition) is 7. The zero-order valence-electron chi connectivity index (χ0n) is 19.0. The van der Waals surface area contributed by atoms with Gasteiger partial charge in [-0.25, -0.2) is 23.3 Å². The fourth-order valence-electron chi connectivity index (χ4n) is 3.57. The number of hydroxylamine groups is 1. The first-order valence-corrected chi connectivity index (χ1v) is 12.3. The summed E-state index contributed by atoms with van der Waals surface area (Å²) < 4.78 is 43.2. The second kappa shape index (κ2) is 10.00. The number of fused-ring (bicyclic) bond motifs is 1. The maximum absolute atomic E-state index is 14.7. The number of aromatic nitrogens is 2. The van der Waals surface area contributed by atoms with Crippen LogP contribution in [0.25, 0.3) is 22.0 Å². The highest BCUT2D eigenvalue weighted by Crippen LogP contribution is 2.26. The van der Waals surface area contributed by atoms with Crippen molar-refractivity contribution in [1.29, 1.82) is 0 Å². The van der Waals surface area contributed by atoms with Gasteiger partial charge in [0.05, 0.1) is 23.8 Å². The summed E-state index contributed by atoms with van der Waals surface area (Å²) in [4.78, 5) is 29.2. The summed E-state index contributed by atoms with van der Waals surface area (Å²) in [6, 6.07) is 9.68. The minimum atomic E-state index is -3.90. The van der Waals surface area contributed by atoms with E-state index in [1.165, 1.54) is 35.4 Å². The van der Waals surface area contributed by atoms with Crippen molar-refractivity contribution in [2.24, 2.45) is 0 Å². The summed E-state index contributed by atoms with van der Waals surface area (Å²) in [7, 11) is -2.32. The summed E-state index contributed by atoms with van der Waals surface area (Å²) in [6.45, 7) is 1.53. The summed E-state index contributed by atoms with van der Waals surface area (Å²) >= 11 is 0. The van der Waals surface area contributed by atoms with Crippen LogP contribution in [0.3, 0.4) is 0 Å².